The molecule has 1 N–H and O–H groups in total. The quantitative estimate of drug-likeness (QED) is 0.557. The van der Waals surface area contributed by atoms with E-state index in [1.54, 1.807) is 6.92 Å². The smallest absolute Gasteiger partial charge is 0.123 e. The van der Waals surface area contributed by atoms with Gasteiger partial charge >= 0.3 is 0 Å². The van der Waals surface area contributed by atoms with E-state index in [-0.39, 0.29) is 10.8 Å². The number of hydrogen-bond acceptors (Lipinski definition) is 1. The molecule has 16 heavy (non-hydrogen) atoms. The molecule has 1 aliphatic carbocycles. The van der Waals surface area contributed by atoms with Crippen molar-refractivity contribution >= 4 is 0 Å². The van der Waals surface area contributed by atoms with Gasteiger partial charge in [0.25, 0.3) is 0 Å². The van der Waals surface area contributed by atoms with Crippen molar-refractivity contribution in [3.63, 3.8) is 0 Å². The Morgan fingerprint density at radius 3 is 2.50 bits per heavy atom. The van der Waals surface area contributed by atoms with Crippen LogP contribution < -0.4 is 0 Å². The van der Waals surface area contributed by atoms with Gasteiger partial charge < -0.3 is 5.11 Å². The molecular formula is C15H24O. The highest BCUT2D eigenvalue weighted by molar-refractivity contribution is 5.23. The standard InChI is InChI=1S/C15H24O/c1-7-15(6,16)11-14(5)10-8-9-13(3,4)12(14)2/h1,16H,2,8-11H2,3-6H3. The molecule has 1 fully saturated rings. The summed E-state index contributed by atoms with van der Waals surface area (Å²) in [6, 6.07) is 0. The summed E-state index contributed by atoms with van der Waals surface area (Å²) in [5.41, 5.74) is 0.349. The Labute approximate surface area is 99.9 Å². The molecule has 0 heterocycles. The van der Waals surface area contributed by atoms with E-state index in [4.69, 9.17) is 6.42 Å². The molecular weight excluding hydrogens is 196 g/mol. The van der Waals surface area contributed by atoms with Gasteiger partial charge in [-0.2, -0.15) is 0 Å². The second-order valence-electron chi connectivity index (χ2n) is 6.37. The van der Waals surface area contributed by atoms with Crippen LogP contribution in [-0.4, -0.2) is 10.7 Å². The van der Waals surface area contributed by atoms with Crippen molar-refractivity contribution < 1.29 is 5.11 Å². The molecule has 0 aromatic rings. The lowest BCUT2D eigenvalue weighted by atomic mass is 9.58. The summed E-state index contributed by atoms with van der Waals surface area (Å²) in [7, 11) is 0. The summed E-state index contributed by atoms with van der Waals surface area (Å²) in [4.78, 5) is 0. The molecule has 0 aromatic heterocycles. The maximum atomic E-state index is 10.1. The average Bonchev–Trinajstić information content (AvgIpc) is 2.13. The van der Waals surface area contributed by atoms with Gasteiger partial charge in [0.05, 0.1) is 0 Å². The molecule has 1 rings (SSSR count). The zero-order valence-corrected chi connectivity index (χ0v) is 11.1. The first-order valence-electron chi connectivity index (χ1n) is 6.03. The van der Waals surface area contributed by atoms with Crippen LogP contribution in [0, 0.1) is 23.2 Å². The van der Waals surface area contributed by atoms with Gasteiger partial charge in [0.1, 0.15) is 5.60 Å². The van der Waals surface area contributed by atoms with Crippen LogP contribution in [-0.2, 0) is 0 Å². The predicted octanol–water partition coefficient (Wildman–Crippen LogP) is 3.53. The largest absolute Gasteiger partial charge is 0.378 e. The SMILES string of the molecule is C#CC(C)(O)CC1(C)CCCC(C)(C)C1=C. The van der Waals surface area contributed by atoms with Crippen molar-refractivity contribution in [1.82, 2.24) is 0 Å². The highest BCUT2D eigenvalue weighted by atomic mass is 16.3. The van der Waals surface area contributed by atoms with Gasteiger partial charge in [0.2, 0.25) is 0 Å². The Bertz CT molecular complexity index is 330. The van der Waals surface area contributed by atoms with E-state index < -0.39 is 5.60 Å². The molecule has 2 unspecified atom stereocenters. The van der Waals surface area contributed by atoms with E-state index in [1.807, 2.05) is 0 Å². The minimum atomic E-state index is -1.02. The van der Waals surface area contributed by atoms with E-state index in [2.05, 4.69) is 33.3 Å². The van der Waals surface area contributed by atoms with Crippen LogP contribution in [0.5, 0.6) is 0 Å². The molecule has 0 bridgehead atoms. The van der Waals surface area contributed by atoms with Gasteiger partial charge in [-0.05, 0) is 37.0 Å². The summed E-state index contributed by atoms with van der Waals surface area (Å²) in [6.45, 7) is 12.6. The van der Waals surface area contributed by atoms with E-state index in [0.717, 1.165) is 6.42 Å². The maximum Gasteiger partial charge on any atom is 0.123 e. The summed E-state index contributed by atoms with van der Waals surface area (Å²) in [5.74, 6) is 2.48. The molecule has 2 atom stereocenters. The summed E-state index contributed by atoms with van der Waals surface area (Å²) in [6.07, 6.45) is 9.42. The zero-order chi connectivity index (χ0) is 12.6. The third-order valence-electron chi connectivity index (χ3n) is 4.12. The monoisotopic (exact) mass is 220 g/mol. The van der Waals surface area contributed by atoms with Crippen molar-refractivity contribution in [1.29, 1.82) is 0 Å². The molecule has 1 nitrogen and oxygen atoms in total. The molecule has 0 saturated heterocycles. The number of rotatable bonds is 2. The summed E-state index contributed by atoms with van der Waals surface area (Å²) in [5, 5.41) is 10.1. The second-order valence-corrected chi connectivity index (χ2v) is 6.37. The summed E-state index contributed by atoms with van der Waals surface area (Å²) >= 11 is 0. The third-order valence-corrected chi connectivity index (χ3v) is 4.12. The van der Waals surface area contributed by atoms with Crippen LogP contribution in [0.2, 0.25) is 0 Å². The van der Waals surface area contributed by atoms with Crippen LogP contribution in [0.1, 0.15) is 53.4 Å². The van der Waals surface area contributed by atoms with Crippen molar-refractivity contribution in [2.75, 3.05) is 0 Å². The van der Waals surface area contributed by atoms with Crippen molar-refractivity contribution in [2.45, 2.75) is 59.0 Å². The Morgan fingerprint density at radius 2 is 2.00 bits per heavy atom. The normalized spacial score (nSPS) is 32.9. The van der Waals surface area contributed by atoms with Crippen LogP contribution in [0.25, 0.3) is 0 Å². The van der Waals surface area contributed by atoms with Gasteiger partial charge in [0, 0.05) is 0 Å². The Balaban J connectivity index is 2.93. The highest BCUT2D eigenvalue weighted by Gasteiger charge is 2.43. The van der Waals surface area contributed by atoms with Gasteiger partial charge in [-0.3, -0.25) is 0 Å². The van der Waals surface area contributed by atoms with Crippen LogP contribution in [0.4, 0.5) is 0 Å². The first kappa shape index (κ1) is 13.3. The van der Waals surface area contributed by atoms with E-state index in [1.165, 1.54) is 18.4 Å². The fourth-order valence-corrected chi connectivity index (χ4v) is 3.05. The minimum Gasteiger partial charge on any atom is -0.378 e. The van der Waals surface area contributed by atoms with Gasteiger partial charge in [-0.1, -0.05) is 45.3 Å². The van der Waals surface area contributed by atoms with E-state index in [0.29, 0.717) is 6.42 Å². The maximum absolute atomic E-state index is 10.1. The van der Waals surface area contributed by atoms with Crippen LogP contribution in [0.3, 0.4) is 0 Å². The molecule has 1 aliphatic rings. The molecule has 0 aliphatic heterocycles. The van der Waals surface area contributed by atoms with Gasteiger partial charge in [-0.15, -0.1) is 6.42 Å². The minimum absolute atomic E-state index is 0.0301. The van der Waals surface area contributed by atoms with Crippen molar-refractivity contribution in [3.05, 3.63) is 12.2 Å². The van der Waals surface area contributed by atoms with Crippen molar-refractivity contribution in [2.24, 2.45) is 10.8 Å². The number of aliphatic hydroxyl groups is 1. The zero-order valence-electron chi connectivity index (χ0n) is 11.1. The lowest BCUT2D eigenvalue weighted by molar-refractivity contribution is 0.0518. The third kappa shape index (κ3) is 2.50. The molecule has 1 heteroatoms. The predicted molar refractivity (Wildman–Crippen MR) is 69.0 cm³/mol. The lowest BCUT2D eigenvalue weighted by Crippen LogP contribution is -2.39. The molecule has 0 amide bonds. The van der Waals surface area contributed by atoms with Crippen molar-refractivity contribution in [3.8, 4) is 12.3 Å². The summed E-state index contributed by atoms with van der Waals surface area (Å²) < 4.78 is 0. The number of allylic oxidation sites excluding steroid dienone is 1. The fourth-order valence-electron chi connectivity index (χ4n) is 3.05. The first-order chi connectivity index (χ1) is 7.13. The van der Waals surface area contributed by atoms with Crippen LogP contribution in [0.15, 0.2) is 12.2 Å². The Kier molecular flexibility index (Phi) is 3.27. The number of terminal acetylenes is 1. The highest BCUT2D eigenvalue weighted by Crippen LogP contribution is 2.52. The van der Waals surface area contributed by atoms with Crippen LogP contribution >= 0.6 is 0 Å². The van der Waals surface area contributed by atoms with E-state index >= 15 is 0 Å². The second kappa shape index (κ2) is 3.93. The molecule has 0 radical (unpaired) electrons. The molecule has 0 aromatic carbocycles. The van der Waals surface area contributed by atoms with Gasteiger partial charge in [-0.25, -0.2) is 0 Å². The Morgan fingerprint density at radius 1 is 1.44 bits per heavy atom. The topological polar surface area (TPSA) is 20.2 Å². The Hall–Kier alpha value is -0.740. The molecule has 90 valence electrons. The fraction of sp³-hybridized carbons (Fsp3) is 0.733. The van der Waals surface area contributed by atoms with E-state index in [9.17, 15) is 5.11 Å². The first-order valence-corrected chi connectivity index (χ1v) is 6.03. The molecule has 0 spiro atoms. The molecule has 1 saturated carbocycles. The number of hydrogen-bond donors (Lipinski definition) is 1. The van der Waals surface area contributed by atoms with Gasteiger partial charge in [0.15, 0.2) is 0 Å². The lowest BCUT2D eigenvalue weighted by Gasteiger charge is -2.47. The average molecular weight is 220 g/mol.